The molecule has 0 rings (SSSR count). The van der Waals surface area contributed by atoms with E-state index in [1.54, 1.807) is 0 Å². The van der Waals surface area contributed by atoms with Crippen molar-refractivity contribution in [3.63, 3.8) is 0 Å². The molecule has 0 amide bonds. The average molecular weight is 169 g/mol. The molecule has 0 saturated carbocycles. The van der Waals surface area contributed by atoms with E-state index in [1.807, 2.05) is 27.8 Å². The lowest BCUT2D eigenvalue weighted by atomic mass is 10.2. The minimum absolute atomic E-state index is 0.301. The fraction of sp³-hybridized carbons (Fsp3) is 0.800. The zero-order chi connectivity index (χ0) is 9.40. The summed E-state index contributed by atoms with van der Waals surface area (Å²) >= 11 is 0. The largest absolute Gasteiger partial charge is 0.377 e. The molecule has 0 bridgehead atoms. The van der Waals surface area contributed by atoms with Gasteiger partial charge in [0.05, 0.1) is 12.7 Å². The molecule has 0 aromatic heterocycles. The van der Waals surface area contributed by atoms with Gasteiger partial charge in [0.2, 0.25) is 0 Å². The third-order valence-electron chi connectivity index (χ3n) is 1.56. The van der Waals surface area contributed by atoms with E-state index < -0.39 is 0 Å². The van der Waals surface area contributed by atoms with E-state index in [1.165, 1.54) is 0 Å². The predicted molar refractivity (Wildman–Crippen MR) is 52.0 cm³/mol. The molecule has 0 fully saturated rings. The number of likely N-dealkylation sites (N-methyl/N-ethyl adjacent to an activating group) is 1. The first-order chi connectivity index (χ1) is 5.70. The van der Waals surface area contributed by atoms with Crippen molar-refractivity contribution in [3.05, 3.63) is 0 Å². The van der Waals surface area contributed by atoms with Crippen molar-refractivity contribution < 1.29 is 4.74 Å². The van der Waals surface area contributed by atoms with Gasteiger partial charge in [-0.15, -0.1) is 11.8 Å². The van der Waals surface area contributed by atoms with Crippen LogP contribution in [-0.2, 0) is 4.74 Å². The molecule has 0 radical (unpaired) electrons. The topological polar surface area (TPSA) is 21.3 Å². The Morgan fingerprint density at radius 3 is 2.50 bits per heavy atom. The Hall–Kier alpha value is -0.520. The van der Waals surface area contributed by atoms with Gasteiger partial charge in [-0.25, -0.2) is 0 Å². The molecule has 1 N–H and O–H groups in total. The standard InChI is InChI=1S/C10H19NO/c1-5-6-7-10(11-4)8-12-9(2)3/h9-11H,7-8H2,1-4H3. The van der Waals surface area contributed by atoms with Crippen molar-refractivity contribution in [2.24, 2.45) is 0 Å². The average Bonchev–Trinajstić information content (AvgIpc) is 2.05. The van der Waals surface area contributed by atoms with Crippen molar-refractivity contribution in [3.8, 4) is 11.8 Å². The van der Waals surface area contributed by atoms with Crippen LogP contribution in [0.5, 0.6) is 0 Å². The number of hydrogen-bond donors (Lipinski definition) is 1. The second-order valence-corrected chi connectivity index (χ2v) is 3.00. The van der Waals surface area contributed by atoms with Crippen LogP contribution < -0.4 is 5.32 Å². The number of ether oxygens (including phenoxy) is 1. The van der Waals surface area contributed by atoms with Crippen LogP contribution in [0, 0.1) is 11.8 Å². The van der Waals surface area contributed by atoms with Crippen molar-refractivity contribution in [2.45, 2.75) is 39.3 Å². The van der Waals surface area contributed by atoms with E-state index in [0.717, 1.165) is 13.0 Å². The van der Waals surface area contributed by atoms with Crippen LogP contribution in [0.15, 0.2) is 0 Å². The fourth-order valence-electron chi connectivity index (χ4n) is 0.778. The lowest BCUT2D eigenvalue weighted by molar-refractivity contribution is 0.0636. The highest BCUT2D eigenvalue weighted by molar-refractivity contribution is 4.97. The maximum absolute atomic E-state index is 5.46. The van der Waals surface area contributed by atoms with Crippen LogP contribution in [0.4, 0.5) is 0 Å². The third-order valence-corrected chi connectivity index (χ3v) is 1.56. The molecule has 1 unspecified atom stereocenters. The molecule has 0 saturated heterocycles. The Morgan fingerprint density at radius 1 is 1.42 bits per heavy atom. The van der Waals surface area contributed by atoms with Crippen LogP contribution in [0.1, 0.15) is 27.2 Å². The summed E-state index contributed by atoms with van der Waals surface area (Å²) in [5.74, 6) is 5.91. The van der Waals surface area contributed by atoms with Gasteiger partial charge in [-0.3, -0.25) is 0 Å². The lowest BCUT2D eigenvalue weighted by Gasteiger charge is -2.15. The van der Waals surface area contributed by atoms with Crippen LogP contribution in [-0.4, -0.2) is 25.8 Å². The summed E-state index contributed by atoms with van der Waals surface area (Å²) in [5, 5.41) is 3.16. The molecule has 70 valence electrons. The Balaban J connectivity index is 3.57. The van der Waals surface area contributed by atoms with E-state index in [2.05, 4.69) is 17.2 Å². The van der Waals surface area contributed by atoms with Crippen molar-refractivity contribution in [2.75, 3.05) is 13.7 Å². The van der Waals surface area contributed by atoms with Gasteiger partial charge in [0, 0.05) is 12.5 Å². The number of hydrogen-bond acceptors (Lipinski definition) is 2. The highest BCUT2D eigenvalue weighted by atomic mass is 16.5. The van der Waals surface area contributed by atoms with Gasteiger partial charge in [0.15, 0.2) is 0 Å². The Bertz CT molecular complexity index is 155. The highest BCUT2D eigenvalue weighted by Crippen LogP contribution is 1.94. The summed E-state index contributed by atoms with van der Waals surface area (Å²) in [6.07, 6.45) is 1.16. The van der Waals surface area contributed by atoms with Crippen LogP contribution in [0.25, 0.3) is 0 Å². The van der Waals surface area contributed by atoms with E-state index in [4.69, 9.17) is 4.74 Å². The molecule has 0 aliphatic carbocycles. The first-order valence-electron chi connectivity index (χ1n) is 4.39. The van der Waals surface area contributed by atoms with Gasteiger partial charge in [-0.1, -0.05) is 0 Å². The first-order valence-corrected chi connectivity index (χ1v) is 4.39. The quantitative estimate of drug-likeness (QED) is 0.628. The summed E-state index contributed by atoms with van der Waals surface area (Å²) in [6.45, 7) is 6.68. The van der Waals surface area contributed by atoms with E-state index in [9.17, 15) is 0 Å². The van der Waals surface area contributed by atoms with Gasteiger partial charge in [0.1, 0.15) is 0 Å². The van der Waals surface area contributed by atoms with Gasteiger partial charge in [-0.05, 0) is 27.8 Å². The van der Waals surface area contributed by atoms with E-state index >= 15 is 0 Å². The highest BCUT2D eigenvalue weighted by Gasteiger charge is 2.04. The van der Waals surface area contributed by atoms with E-state index in [-0.39, 0.29) is 0 Å². The lowest BCUT2D eigenvalue weighted by Crippen LogP contribution is -2.31. The maximum atomic E-state index is 5.46. The minimum Gasteiger partial charge on any atom is -0.377 e. The normalized spacial score (nSPS) is 12.4. The zero-order valence-corrected chi connectivity index (χ0v) is 8.48. The first kappa shape index (κ1) is 11.5. The molecular formula is C10H19NO. The van der Waals surface area contributed by atoms with Gasteiger partial charge in [-0.2, -0.15) is 0 Å². The Morgan fingerprint density at radius 2 is 2.08 bits per heavy atom. The molecule has 1 atom stereocenters. The molecule has 12 heavy (non-hydrogen) atoms. The fourth-order valence-corrected chi connectivity index (χ4v) is 0.778. The second-order valence-electron chi connectivity index (χ2n) is 3.00. The van der Waals surface area contributed by atoms with Crippen LogP contribution >= 0.6 is 0 Å². The van der Waals surface area contributed by atoms with Crippen LogP contribution in [0.2, 0.25) is 0 Å². The molecule has 0 aliphatic rings. The summed E-state index contributed by atoms with van der Waals surface area (Å²) in [7, 11) is 1.94. The second kappa shape index (κ2) is 7.15. The molecule has 2 heteroatoms. The summed E-state index contributed by atoms with van der Waals surface area (Å²) in [5.41, 5.74) is 0. The van der Waals surface area contributed by atoms with Crippen molar-refractivity contribution >= 4 is 0 Å². The summed E-state index contributed by atoms with van der Waals surface area (Å²) < 4.78 is 5.46. The molecule has 2 nitrogen and oxygen atoms in total. The zero-order valence-electron chi connectivity index (χ0n) is 8.48. The predicted octanol–water partition coefficient (Wildman–Crippen LogP) is 1.41. The SMILES string of the molecule is CC#CCC(COC(C)C)NC. The van der Waals surface area contributed by atoms with Gasteiger partial charge < -0.3 is 10.1 Å². The number of rotatable bonds is 5. The number of nitrogens with one attached hydrogen (secondary N) is 1. The molecule has 0 spiro atoms. The van der Waals surface area contributed by atoms with Gasteiger partial charge in [0.25, 0.3) is 0 Å². The Labute approximate surface area is 75.7 Å². The van der Waals surface area contributed by atoms with Crippen molar-refractivity contribution in [1.82, 2.24) is 5.32 Å². The smallest absolute Gasteiger partial charge is 0.0632 e. The molecule has 0 aromatic rings. The maximum Gasteiger partial charge on any atom is 0.0632 e. The Kier molecular flexibility index (Phi) is 6.84. The summed E-state index contributed by atoms with van der Waals surface area (Å²) in [4.78, 5) is 0. The molecule has 0 heterocycles. The van der Waals surface area contributed by atoms with Crippen molar-refractivity contribution in [1.29, 1.82) is 0 Å². The summed E-state index contributed by atoms with van der Waals surface area (Å²) in [6, 6.07) is 0.361. The monoisotopic (exact) mass is 169 g/mol. The molecule has 0 aromatic carbocycles. The van der Waals surface area contributed by atoms with Crippen LogP contribution in [0.3, 0.4) is 0 Å². The molecular weight excluding hydrogens is 150 g/mol. The van der Waals surface area contributed by atoms with E-state index in [0.29, 0.717) is 12.1 Å². The minimum atomic E-state index is 0.301. The van der Waals surface area contributed by atoms with Gasteiger partial charge >= 0.3 is 0 Å². The third kappa shape index (κ3) is 6.21. The molecule has 0 aliphatic heterocycles.